The van der Waals surface area contributed by atoms with E-state index in [1.807, 2.05) is 72.8 Å². The second-order valence-electron chi connectivity index (χ2n) is 8.77. The summed E-state index contributed by atoms with van der Waals surface area (Å²) >= 11 is 0. The highest BCUT2D eigenvalue weighted by atomic mass is 19.4. The number of aliphatic imine (C=N–C) groups is 1. The predicted octanol–water partition coefficient (Wildman–Crippen LogP) is 7.51. The molecule has 1 saturated carbocycles. The minimum atomic E-state index is -4.13. The molecule has 1 aliphatic carbocycles. The van der Waals surface area contributed by atoms with E-state index in [1.54, 1.807) is 6.07 Å². The van der Waals surface area contributed by atoms with Gasteiger partial charge in [-0.2, -0.15) is 23.4 Å². The summed E-state index contributed by atoms with van der Waals surface area (Å²) < 4.78 is 44.4. The van der Waals surface area contributed by atoms with Gasteiger partial charge in [0.1, 0.15) is 11.8 Å². The van der Waals surface area contributed by atoms with E-state index in [4.69, 9.17) is 9.73 Å². The van der Waals surface area contributed by atoms with Gasteiger partial charge in [0.15, 0.2) is 5.69 Å². The number of pyridine rings is 1. The Morgan fingerprint density at radius 1 is 1.00 bits per heavy atom. The Hall–Kier alpha value is -3.92. The summed E-state index contributed by atoms with van der Waals surface area (Å²) in [7, 11) is 1.47. The first-order chi connectivity index (χ1) is 17.4. The third kappa shape index (κ3) is 6.01. The molecule has 0 saturated heterocycles. The van der Waals surface area contributed by atoms with Crippen LogP contribution in [0.2, 0.25) is 0 Å². The largest absolute Gasteiger partial charge is 0.481 e. The maximum Gasteiger partial charge on any atom is 0.391 e. The third-order valence-corrected chi connectivity index (χ3v) is 6.40. The number of alkyl halides is 3. The fourth-order valence-electron chi connectivity index (χ4n) is 4.44. The molecule has 1 heterocycles. The lowest BCUT2D eigenvalue weighted by Crippen LogP contribution is -2.27. The van der Waals surface area contributed by atoms with Crippen molar-refractivity contribution in [3.05, 3.63) is 95.2 Å². The van der Waals surface area contributed by atoms with Gasteiger partial charge in [-0.25, -0.2) is 4.99 Å². The molecule has 0 N–H and O–H groups in total. The number of hydrogen-bond acceptors (Lipinski definition) is 4. The van der Waals surface area contributed by atoms with E-state index in [0.29, 0.717) is 29.8 Å². The molecular formula is C29H26F3N3O. The number of nitrogens with zero attached hydrogens (tertiary/aromatic N) is 3. The van der Waals surface area contributed by atoms with Crippen LogP contribution >= 0.6 is 0 Å². The van der Waals surface area contributed by atoms with Crippen molar-refractivity contribution in [2.24, 2.45) is 16.8 Å². The van der Waals surface area contributed by atoms with Gasteiger partial charge >= 0.3 is 6.18 Å². The van der Waals surface area contributed by atoms with Gasteiger partial charge in [0.05, 0.1) is 18.7 Å². The lowest BCUT2D eigenvalue weighted by molar-refractivity contribution is -0.183. The molecule has 0 amide bonds. The molecule has 2 aromatic carbocycles. The van der Waals surface area contributed by atoms with Gasteiger partial charge in [0, 0.05) is 16.7 Å². The van der Waals surface area contributed by atoms with Gasteiger partial charge in [0.2, 0.25) is 5.88 Å². The van der Waals surface area contributed by atoms with Crippen LogP contribution in [0.5, 0.6) is 5.88 Å². The summed E-state index contributed by atoms with van der Waals surface area (Å²) in [6, 6.07) is 23.2. The van der Waals surface area contributed by atoms with Crippen molar-refractivity contribution in [1.82, 2.24) is 4.98 Å². The summed E-state index contributed by atoms with van der Waals surface area (Å²) in [6.07, 6.45) is 0.823. The van der Waals surface area contributed by atoms with Crippen molar-refractivity contribution >= 4 is 17.5 Å². The second kappa shape index (κ2) is 11.2. The Morgan fingerprint density at radius 2 is 1.58 bits per heavy atom. The highest BCUT2D eigenvalue weighted by Crippen LogP contribution is 2.40. The van der Waals surface area contributed by atoms with Crippen molar-refractivity contribution in [3.8, 4) is 11.9 Å². The highest BCUT2D eigenvalue weighted by Gasteiger charge is 2.40. The Kier molecular flexibility index (Phi) is 7.84. The summed E-state index contributed by atoms with van der Waals surface area (Å²) in [5, 5.41) is 9.76. The molecule has 0 spiro atoms. The van der Waals surface area contributed by atoms with E-state index in [1.165, 1.54) is 7.11 Å². The fraction of sp³-hybridized carbons (Fsp3) is 0.276. The van der Waals surface area contributed by atoms with Crippen LogP contribution in [0.15, 0.2) is 77.8 Å². The van der Waals surface area contributed by atoms with Gasteiger partial charge in [-0.3, -0.25) is 0 Å². The van der Waals surface area contributed by atoms with Gasteiger partial charge in [-0.15, -0.1) is 0 Å². The van der Waals surface area contributed by atoms with Crippen molar-refractivity contribution in [1.29, 1.82) is 5.26 Å². The second-order valence-corrected chi connectivity index (χ2v) is 8.77. The third-order valence-electron chi connectivity index (χ3n) is 6.40. The number of allylic oxidation sites excluding steroid dienone is 1. The van der Waals surface area contributed by atoms with Crippen LogP contribution in [-0.2, 0) is 0 Å². The Labute approximate surface area is 208 Å². The smallest absolute Gasteiger partial charge is 0.391 e. The van der Waals surface area contributed by atoms with Crippen LogP contribution in [0.4, 0.5) is 18.9 Å². The quantitative estimate of drug-likeness (QED) is 0.337. The van der Waals surface area contributed by atoms with E-state index in [2.05, 4.69) is 11.1 Å². The van der Waals surface area contributed by atoms with Gasteiger partial charge in [0.25, 0.3) is 0 Å². The minimum absolute atomic E-state index is 0.0418. The molecule has 0 atom stereocenters. The van der Waals surface area contributed by atoms with Crippen LogP contribution in [0, 0.1) is 23.2 Å². The van der Waals surface area contributed by atoms with E-state index in [0.717, 1.165) is 11.1 Å². The predicted molar refractivity (Wildman–Crippen MR) is 134 cm³/mol. The molecule has 7 heteroatoms. The molecule has 1 aromatic heterocycles. The van der Waals surface area contributed by atoms with E-state index in [-0.39, 0.29) is 30.3 Å². The topological polar surface area (TPSA) is 58.3 Å². The average Bonchev–Trinajstić information content (AvgIpc) is 2.91. The van der Waals surface area contributed by atoms with Crippen LogP contribution in [0.25, 0.3) is 6.08 Å². The first-order valence-electron chi connectivity index (χ1n) is 11.8. The maximum absolute atomic E-state index is 13.0. The van der Waals surface area contributed by atoms with Crippen molar-refractivity contribution in [3.63, 3.8) is 0 Å². The fourth-order valence-corrected chi connectivity index (χ4v) is 4.44. The standard InChI is InChI=1S/C29H26F3N3O/c1-36-28-23(15-12-20-13-16-24(17-14-20)29(30,31)32)18-25(26(19-33)35-28)34-27(21-8-4-2-5-9-21)22-10-6-3-7-11-22/h2-12,15,18,20,24H,13-14,16-17H2,1H3/b15-12+/t20-,24-. The van der Waals surface area contributed by atoms with Crippen LogP contribution in [0.1, 0.15) is 48.1 Å². The first kappa shape index (κ1) is 25.2. The molecule has 1 fully saturated rings. The molecular weight excluding hydrogens is 463 g/mol. The summed E-state index contributed by atoms with van der Waals surface area (Å²) in [4.78, 5) is 9.22. The number of benzene rings is 2. The molecule has 0 radical (unpaired) electrons. The van der Waals surface area contributed by atoms with Crippen LogP contribution in [0.3, 0.4) is 0 Å². The molecule has 3 aromatic rings. The highest BCUT2D eigenvalue weighted by molar-refractivity contribution is 6.14. The molecule has 0 unspecified atom stereocenters. The number of ether oxygens (including phenoxy) is 1. The summed E-state index contributed by atoms with van der Waals surface area (Å²) in [6.45, 7) is 0. The van der Waals surface area contributed by atoms with Gasteiger partial charge in [-0.1, -0.05) is 72.8 Å². The molecule has 4 rings (SSSR count). The van der Waals surface area contributed by atoms with Gasteiger partial charge in [-0.05, 0) is 37.7 Å². The minimum Gasteiger partial charge on any atom is -0.481 e. The molecule has 36 heavy (non-hydrogen) atoms. The zero-order chi connectivity index (χ0) is 25.5. The lowest BCUT2D eigenvalue weighted by atomic mass is 9.81. The van der Waals surface area contributed by atoms with Crippen LogP contribution in [-0.4, -0.2) is 24.0 Å². The monoisotopic (exact) mass is 489 g/mol. The normalized spacial score (nSPS) is 18.0. The maximum atomic E-state index is 13.0. The molecule has 184 valence electrons. The SMILES string of the molecule is COc1nc(C#N)c(N=C(c2ccccc2)c2ccccc2)cc1/C=C/[C@H]1CC[C@H](C(F)(F)F)CC1. The van der Waals surface area contributed by atoms with Crippen molar-refractivity contribution < 1.29 is 17.9 Å². The molecule has 0 bridgehead atoms. The van der Waals surface area contributed by atoms with E-state index in [9.17, 15) is 18.4 Å². The van der Waals surface area contributed by atoms with Crippen molar-refractivity contribution in [2.75, 3.05) is 7.11 Å². The Bertz CT molecular complexity index is 1230. The number of rotatable bonds is 6. The number of hydrogen-bond donors (Lipinski definition) is 0. The number of nitriles is 1. The Morgan fingerprint density at radius 3 is 2.08 bits per heavy atom. The summed E-state index contributed by atoms with van der Waals surface area (Å²) in [5.41, 5.74) is 3.61. The van der Waals surface area contributed by atoms with E-state index >= 15 is 0 Å². The number of aromatic nitrogens is 1. The summed E-state index contributed by atoms with van der Waals surface area (Å²) in [5.74, 6) is -0.907. The molecule has 0 aliphatic heterocycles. The van der Waals surface area contributed by atoms with Gasteiger partial charge < -0.3 is 4.74 Å². The first-order valence-corrected chi connectivity index (χ1v) is 11.8. The van der Waals surface area contributed by atoms with Crippen LogP contribution < -0.4 is 4.74 Å². The van der Waals surface area contributed by atoms with Crippen molar-refractivity contribution in [2.45, 2.75) is 31.9 Å². The molecule has 1 aliphatic rings. The average molecular weight is 490 g/mol. The Balaban J connectivity index is 1.69. The lowest BCUT2D eigenvalue weighted by Gasteiger charge is -2.28. The number of halogens is 3. The zero-order valence-corrected chi connectivity index (χ0v) is 19.9. The van der Waals surface area contributed by atoms with E-state index < -0.39 is 12.1 Å². The molecule has 4 nitrogen and oxygen atoms in total. The number of methoxy groups -OCH3 is 1. The zero-order valence-electron chi connectivity index (χ0n) is 19.9.